The van der Waals surface area contributed by atoms with Crippen molar-refractivity contribution in [1.29, 1.82) is 0 Å². The number of aliphatic hydroxyl groups is 2. The van der Waals surface area contributed by atoms with Crippen molar-refractivity contribution in [3.63, 3.8) is 0 Å². The van der Waals surface area contributed by atoms with Crippen molar-refractivity contribution in [2.75, 3.05) is 13.1 Å². The molecule has 2 rings (SSSR count). The third-order valence-electron chi connectivity index (χ3n) is 3.05. The van der Waals surface area contributed by atoms with E-state index in [4.69, 9.17) is 0 Å². The number of hydrogen-bond acceptors (Lipinski definition) is 4. The number of aliphatic hydroxyl groups excluding tert-OH is 2. The van der Waals surface area contributed by atoms with Crippen LogP contribution in [0.5, 0.6) is 0 Å². The summed E-state index contributed by atoms with van der Waals surface area (Å²) in [5.41, 5.74) is 0. The van der Waals surface area contributed by atoms with Gasteiger partial charge in [0.1, 0.15) is 0 Å². The number of rotatable bonds is 4. The van der Waals surface area contributed by atoms with E-state index in [-0.39, 0.29) is 19.0 Å². The molecule has 1 aromatic heterocycles. The van der Waals surface area contributed by atoms with Gasteiger partial charge >= 0.3 is 0 Å². The summed E-state index contributed by atoms with van der Waals surface area (Å²) in [4.78, 5) is 14.6. The van der Waals surface area contributed by atoms with Crippen LogP contribution >= 0.6 is 27.3 Å². The predicted molar refractivity (Wildman–Crippen MR) is 73.6 cm³/mol. The molecule has 1 amide bonds. The molecule has 0 saturated carbocycles. The standard InChI is InChI=1S/C12H16BrNO3S/c13-11-5-4-8(18-11)2-1-3-12(17)14-6-9(15)10(16)7-14/h4-5,9-10,15-16H,1-3,6-7H2/t9-,10+. The number of nitrogens with zero attached hydrogens (tertiary/aromatic N) is 1. The number of amides is 1. The lowest BCUT2D eigenvalue weighted by Gasteiger charge is -2.14. The van der Waals surface area contributed by atoms with E-state index in [9.17, 15) is 15.0 Å². The van der Waals surface area contributed by atoms with Crippen LogP contribution in [-0.4, -0.2) is 46.3 Å². The van der Waals surface area contributed by atoms with Gasteiger partial charge in [-0.05, 0) is 40.9 Å². The molecule has 1 saturated heterocycles. The smallest absolute Gasteiger partial charge is 0.222 e. The normalized spacial score (nSPS) is 23.6. The second kappa shape index (κ2) is 6.14. The number of hydrogen-bond donors (Lipinski definition) is 2. The maximum absolute atomic E-state index is 11.8. The number of aryl methyl sites for hydroxylation is 1. The zero-order chi connectivity index (χ0) is 13.1. The molecule has 6 heteroatoms. The molecular weight excluding hydrogens is 318 g/mol. The van der Waals surface area contributed by atoms with Crippen molar-refractivity contribution in [3.05, 3.63) is 20.8 Å². The number of halogens is 1. The van der Waals surface area contributed by atoms with Crippen LogP contribution in [0.1, 0.15) is 17.7 Å². The summed E-state index contributed by atoms with van der Waals surface area (Å²) < 4.78 is 1.11. The lowest BCUT2D eigenvalue weighted by atomic mass is 10.2. The van der Waals surface area contributed by atoms with Crippen LogP contribution in [0.15, 0.2) is 15.9 Å². The largest absolute Gasteiger partial charge is 0.388 e. The van der Waals surface area contributed by atoms with Crippen molar-refractivity contribution in [2.24, 2.45) is 0 Å². The first-order valence-corrected chi connectivity index (χ1v) is 7.55. The van der Waals surface area contributed by atoms with Crippen LogP contribution in [-0.2, 0) is 11.2 Å². The predicted octanol–water partition coefficient (Wildman–Crippen LogP) is 1.40. The van der Waals surface area contributed by atoms with Gasteiger partial charge in [0.25, 0.3) is 0 Å². The number of β-amino-alcohol motifs (C(OH)–C–C–N with tert-alkyl or cyclic N) is 2. The molecule has 0 spiro atoms. The van der Waals surface area contributed by atoms with Crippen LogP contribution in [0.4, 0.5) is 0 Å². The van der Waals surface area contributed by atoms with Gasteiger partial charge in [0, 0.05) is 24.4 Å². The minimum atomic E-state index is -0.790. The fourth-order valence-corrected chi connectivity index (χ4v) is 3.56. The molecule has 2 atom stereocenters. The SMILES string of the molecule is O=C(CCCc1ccc(Br)s1)N1C[C@@H](O)[C@@H](O)C1. The Morgan fingerprint density at radius 1 is 1.39 bits per heavy atom. The summed E-state index contributed by atoms with van der Waals surface area (Å²) in [5, 5.41) is 18.8. The highest BCUT2D eigenvalue weighted by Gasteiger charge is 2.31. The van der Waals surface area contributed by atoms with Gasteiger partial charge in [-0.2, -0.15) is 0 Å². The van der Waals surface area contributed by atoms with Crippen molar-refractivity contribution >= 4 is 33.2 Å². The first-order valence-electron chi connectivity index (χ1n) is 5.94. The minimum Gasteiger partial charge on any atom is -0.388 e. The monoisotopic (exact) mass is 333 g/mol. The van der Waals surface area contributed by atoms with Gasteiger partial charge < -0.3 is 15.1 Å². The number of thiophene rings is 1. The van der Waals surface area contributed by atoms with E-state index in [1.165, 1.54) is 4.88 Å². The van der Waals surface area contributed by atoms with E-state index in [0.29, 0.717) is 6.42 Å². The molecule has 1 aliphatic heterocycles. The maximum Gasteiger partial charge on any atom is 0.222 e. The molecule has 100 valence electrons. The molecule has 0 bridgehead atoms. The molecule has 1 fully saturated rings. The van der Waals surface area contributed by atoms with Crippen LogP contribution in [0.2, 0.25) is 0 Å². The molecular formula is C12H16BrNO3S. The highest BCUT2D eigenvalue weighted by atomic mass is 79.9. The van der Waals surface area contributed by atoms with Gasteiger partial charge in [0.2, 0.25) is 5.91 Å². The van der Waals surface area contributed by atoms with E-state index in [1.807, 2.05) is 6.07 Å². The van der Waals surface area contributed by atoms with E-state index in [0.717, 1.165) is 16.6 Å². The molecule has 0 unspecified atom stereocenters. The Morgan fingerprint density at radius 3 is 2.61 bits per heavy atom. The molecule has 0 aliphatic carbocycles. The van der Waals surface area contributed by atoms with Gasteiger partial charge in [-0.15, -0.1) is 11.3 Å². The summed E-state index contributed by atoms with van der Waals surface area (Å²) in [5.74, 6) is 0.0150. The highest BCUT2D eigenvalue weighted by molar-refractivity contribution is 9.11. The first kappa shape index (κ1) is 14.0. The molecule has 1 aromatic rings. The Bertz CT molecular complexity index is 413. The second-order valence-corrected chi connectivity index (χ2v) is 7.04. The van der Waals surface area contributed by atoms with E-state index >= 15 is 0 Å². The zero-order valence-electron chi connectivity index (χ0n) is 9.88. The average molecular weight is 334 g/mol. The Balaban J connectivity index is 1.72. The molecule has 0 radical (unpaired) electrons. The van der Waals surface area contributed by atoms with Crippen LogP contribution in [0, 0.1) is 0 Å². The Kier molecular flexibility index (Phi) is 4.77. The number of carbonyl (C=O) groups is 1. The molecule has 4 nitrogen and oxygen atoms in total. The summed E-state index contributed by atoms with van der Waals surface area (Å²) in [6.07, 6.45) is 0.578. The first-order chi connectivity index (χ1) is 8.56. The fourth-order valence-electron chi connectivity index (χ4n) is 2.03. The summed E-state index contributed by atoms with van der Waals surface area (Å²) in [6, 6.07) is 4.07. The number of carbonyl (C=O) groups excluding carboxylic acids is 1. The maximum atomic E-state index is 11.8. The highest BCUT2D eigenvalue weighted by Crippen LogP contribution is 2.23. The quantitative estimate of drug-likeness (QED) is 0.875. The Labute approximate surface area is 118 Å². The molecule has 18 heavy (non-hydrogen) atoms. The van der Waals surface area contributed by atoms with Crippen molar-refractivity contribution in [2.45, 2.75) is 31.5 Å². The third-order valence-corrected chi connectivity index (χ3v) is 4.74. The van der Waals surface area contributed by atoms with Crippen LogP contribution in [0.25, 0.3) is 0 Å². The van der Waals surface area contributed by atoms with Crippen molar-refractivity contribution < 1.29 is 15.0 Å². The Morgan fingerprint density at radius 2 is 2.06 bits per heavy atom. The molecule has 2 heterocycles. The molecule has 1 aliphatic rings. The molecule has 0 aromatic carbocycles. The van der Waals surface area contributed by atoms with Crippen LogP contribution in [0.3, 0.4) is 0 Å². The minimum absolute atomic E-state index is 0.0150. The van der Waals surface area contributed by atoms with Crippen molar-refractivity contribution in [1.82, 2.24) is 4.90 Å². The van der Waals surface area contributed by atoms with Gasteiger partial charge in [-0.1, -0.05) is 0 Å². The third kappa shape index (κ3) is 3.54. The van der Waals surface area contributed by atoms with Crippen LogP contribution < -0.4 is 0 Å². The summed E-state index contributed by atoms with van der Waals surface area (Å²) >= 11 is 5.09. The van der Waals surface area contributed by atoms with E-state index in [1.54, 1.807) is 16.2 Å². The summed E-state index contributed by atoms with van der Waals surface area (Å²) in [6.45, 7) is 0.509. The van der Waals surface area contributed by atoms with Gasteiger partial charge in [-0.3, -0.25) is 4.79 Å². The average Bonchev–Trinajstić information content (AvgIpc) is 2.87. The topological polar surface area (TPSA) is 60.8 Å². The lowest BCUT2D eigenvalue weighted by Crippen LogP contribution is -2.29. The lowest BCUT2D eigenvalue weighted by molar-refractivity contribution is -0.130. The summed E-state index contributed by atoms with van der Waals surface area (Å²) in [7, 11) is 0. The van der Waals surface area contributed by atoms with E-state index < -0.39 is 12.2 Å². The van der Waals surface area contributed by atoms with Gasteiger partial charge in [-0.25, -0.2) is 0 Å². The number of likely N-dealkylation sites (tertiary alicyclic amines) is 1. The molecule has 2 N–H and O–H groups in total. The van der Waals surface area contributed by atoms with E-state index in [2.05, 4.69) is 22.0 Å². The van der Waals surface area contributed by atoms with Gasteiger partial charge in [0.05, 0.1) is 16.0 Å². The zero-order valence-corrected chi connectivity index (χ0v) is 12.3. The fraction of sp³-hybridized carbons (Fsp3) is 0.583. The van der Waals surface area contributed by atoms with Gasteiger partial charge in [0.15, 0.2) is 0 Å². The Hall–Kier alpha value is -0.430. The second-order valence-electron chi connectivity index (χ2n) is 4.49. The van der Waals surface area contributed by atoms with Crippen molar-refractivity contribution in [3.8, 4) is 0 Å².